The molecular formula is C20H25N. The second kappa shape index (κ2) is 6.89. The van der Waals surface area contributed by atoms with Gasteiger partial charge < -0.3 is 0 Å². The van der Waals surface area contributed by atoms with E-state index in [0.29, 0.717) is 0 Å². The van der Waals surface area contributed by atoms with Crippen molar-refractivity contribution in [2.24, 2.45) is 11.8 Å². The third-order valence-corrected chi connectivity index (χ3v) is 5.09. The van der Waals surface area contributed by atoms with Crippen LogP contribution in [0, 0.1) is 11.8 Å². The lowest BCUT2D eigenvalue weighted by molar-refractivity contribution is 0.207. The standard InChI is InChI=1S/C20H25N/c1-16(10-11-17-12-14-21-15-13-17)20(19-8-5-9-19)18-6-3-2-4-7-18/h2-4,6-7,12-16,19-20H,5,8-11H2,1H3. The Hall–Kier alpha value is -1.63. The van der Waals surface area contributed by atoms with Crippen molar-refractivity contribution in [3.8, 4) is 0 Å². The average molecular weight is 279 g/mol. The SMILES string of the molecule is CC(CCc1ccncc1)C(c1ccccc1)C1CCC1. The molecule has 1 heteroatoms. The monoisotopic (exact) mass is 279 g/mol. The highest BCUT2D eigenvalue weighted by Gasteiger charge is 2.31. The lowest BCUT2D eigenvalue weighted by atomic mass is 9.67. The van der Waals surface area contributed by atoms with Gasteiger partial charge in [0.1, 0.15) is 0 Å². The molecule has 0 saturated heterocycles. The molecule has 21 heavy (non-hydrogen) atoms. The fourth-order valence-electron chi connectivity index (χ4n) is 3.66. The van der Waals surface area contributed by atoms with Gasteiger partial charge in [-0.05, 0) is 66.7 Å². The zero-order chi connectivity index (χ0) is 14.5. The molecule has 1 aliphatic carbocycles. The van der Waals surface area contributed by atoms with E-state index in [2.05, 4.69) is 54.4 Å². The summed E-state index contributed by atoms with van der Waals surface area (Å²) in [6.07, 6.45) is 10.5. The molecule has 1 fully saturated rings. The number of aromatic nitrogens is 1. The molecule has 0 amide bonds. The Labute approximate surface area is 128 Å². The number of benzene rings is 1. The van der Waals surface area contributed by atoms with Crippen LogP contribution in [-0.2, 0) is 6.42 Å². The summed E-state index contributed by atoms with van der Waals surface area (Å²) < 4.78 is 0. The number of aryl methyl sites for hydroxylation is 1. The minimum absolute atomic E-state index is 0.738. The summed E-state index contributed by atoms with van der Waals surface area (Å²) in [5.41, 5.74) is 2.96. The molecular weight excluding hydrogens is 254 g/mol. The molecule has 1 aromatic carbocycles. The lowest BCUT2D eigenvalue weighted by Gasteiger charge is -2.38. The third kappa shape index (κ3) is 3.53. The topological polar surface area (TPSA) is 12.9 Å². The van der Waals surface area contributed by atoms with Gasteiger partial charge in [-0.3, -0.25) is 4.98 Å². The first-order chi connectivity index (χ1) is 10.3. The van der Waals surface area contributed by atoms with Gasteiger partial charge in [0, 0.05) is 12.4 Å². The predicted octanol–water partition coefficient (Wildman–Crippen LogP) is 5.23. The molecule has 2 aromatic rings. The van der Waals surface area contributed by atoms with Crippen LogP contribution in [0.3, 0.4) is 0 Å². The van der Waals surface area contributed by atoms with Crippen molar-refractivity contribution in [2.45, 2.75) is 44.9 Å². The van der Waals surface area contributed by atoms with E-state index in [1.54, 1.807) is 5.56 Å². The molecule has 0 bridgehead atoms. The third-order valence-electron chi connectivity index (χ3n) is 5.09. The molecule has 0 spiro atoms. The second-order valence-corrected chi connectivity index (χ2v) is 6.50. The summed E-state index contributed by atoms with van der Waals surface area (Å²) in [4.78, 5) is 4.11. The molecule has 1 aliphatic rings. The summed E-state index contributed by atoms with van der Waals surface area (Å²) in [6, 6.07) is 15.5. The van der Waals surface area contributed by atoms with Gasteiger partial charge in [-0.2, -0.15) is 0 Å². The molecule has 1 heterocycles. The van der Waals surface area contributed by atoms with Crippen LogP contribution in [0.15, 0.2) is 54.9 Å². The van der Waals surface area contributed by atoms with Gasteiger partial charge in [-0.1, -0.05) is 43.7 Å². The first-order valence-electron chi connectivity index (χ1n) is 8.28. The van der Waals surface area contributed by atoms with Crippen molar-refractivity contribution in [1.82, 2.24) is 4.98 Å². The first kappa shape index (κ1) is 14.3. The Balaban J connectivity index is 1.68. The van der Waals surface area contributed by atoms with Crippen LogP contribution in [0.4, 0.5) is 0 Å². The number of rotatable bonds is 6. The van der Waals surface area contributed by atoms with Crippen LogP contribution in [0.25, 0.3) is 0 Å². The van der Waals surface area contributed by atoms with Crippen LogP contribution < -0.4 is 0 Å². The van der Waals surface area contributed by atoms with Crippen LogP contribution >= 0.6 is 0 Å². The van der Waals surface area contributed by atoms with Crippen molar-refractivity contribution in [1.29, 1.82) is 0 Å². The summed E-state index contributed by atoms with van der Waals surface area (Å²) in [6.45, 7) is 2.44. The zero-order valence-electron chi connectivity index (χ0n) is 12.9. The average Bonchev–Trinajstić information content (AvgIpc) is 2.50. The Kier molecular flexibility index (Phi) is 4.69. The van der Waals surface area contributed by atoms with Crippen LogP contribution in [0.1, 0.15) is 49.7 Å². The van der Waals surface area contributed by atoms with Gasteiger partial charge in [0.05, 0.1) is 0 Å². The molecule has 2 atom stereocenters. The number of nitrogens with zero attached hydrogens (tertiary/aromatic N) is 1. The highest BCUT2D eigenvalue weighted by Crippen LogP contribution is 2.44. The van der Waals surface area contributed by atoms with E-state index in [-0.39, 0.29) is 0 Å². The predicted molar refractivity (Wildman–Crippen MR) is 88.2 cm³/mol. The largest absolute Gasteiger partial charge is 0.265 e. The maximum Gasteiger partial charge on any atom is 0.0270 e. The van der Waals surface area contributed by atoms with Crippen molar-refractivity contribution < 1.29 is 0 Å². The summed E-state index contributed by atoms with van der Waals surface area (Å²) in [7, 11) is 0. The molecule has 0 aliphatic heterocycles. The quantitative estimate of drug-likeness (QED) is 0.705. The van der Waals surface area contributed by atoms with E-state index in [1.165, 1.54) is 37.7 Å². The van der Waals surface area contributed by atoms with Gasteiger partial charge >= 0.3 is 0 Å². The summed E-state index contributed by atoms with van der Waals surface area (Å²) >= 11 is 0. The minimum atomic E-state index is 0.738. The van der Waals surface area contributed by atoms with Crippen molar-refractivity contribution in [3.63, 3.8) is 0 Å². The molecule has 0 radical (unpaired) electrons. The van der Waals surface area contributed by atoms with E-state index in [9.17, 15) is 0 Å². The number of pyridine rings is 1. The van der Waals surface area contributed by atoms with E-state index in [1.807, 2.05) is 12.4 Å². The number of hydrogen-bond acceptors (Lipinski definition) is 1. The molecule has 1 saturated carbocycles. The lowest BCUT2D eigenvalue weighted by Crippen LogP contribution is -2.25. The van der Waals surface area contributed by atoms with Crippen LogP contribution in [0.5, 0.6) is 0 Å². The van der Waals surface area contributed by atoms with E-state index >= 15 is 0 Å². The van der Waals surface area contributed by atoms with Gasteiger partial charge in [0.15, 0.2) is 0 Å². The smallest absolute Gasteiger partial charge is 0.0270 e. The fourth-order valence-corrected chi connectivity index (χ4v) is 3.66. The van der Waals surface area contributed by atoms with Crippen LogP contribution in [0.2, 0.25) is 0 Å². The minimum Gasteiger partial charge on any atom is -0.265 e. The van der Waals surface area contributed by atoms with E-state index in [4.69, 9.17) is 0 Å². The molecule has 2 unspecified atom stereocenters. The molecule has 1 nitrogen and oxygen atoms in total. The van der Waals surface area contributed by atoms with E-state index < -0.39 is 0 Å². The zero-order valence-corrected chi connectivity index (χ0v) is 12.9. The highest BCUT2D eigenvalue weighted by atomic mass is 14.6. The maximum atomic E-state index is 4.11. The Morgan fingerprint density at radius 1 is 1.05 bits per heavy atom. The molecule has 0 N–H and O–H groups in total. The molecule has 110 valence electrons. The van der Waals surface area contributed by atoms with Crippen molar-refractivity contribution >= 4 is 0 Å². The van der Waals surface area contributed by atoms with Gasteiger partial charge in [0.25, 0.3) is 0 Å². The highest BCUT2D eigenvalue weighted by molar-refractivity contribution is 5.22. The molecule has 3 rings (SSSR count). The van der Waals surface area contributed by atoms with Crippen molar-refractivity contribution in [3.05, 3.63) is 66.0 Å². The van der Waals surface area contributed by atoms with Crippen molar-refractivity contribution in [2.75, 3.05) is 0 Å². The van der Waals surface area contributed by atoms with E-state index in [0.717, 1.165) is 17.8 Å². The fraction of sp³-hybridized carbons (Fsp3) is 0.450. The second-order valence-electron chi connectivity index (χ2n) is 6.50. The summed E-state index contributed by atoms with van der Waals surface area (Å²) in [5.74, 6) is 2.38. The molecule has 1 aromatic heterocycles. The Morgan fingerprint density at radius 3 is 2.38 bits per heavy atom. The normalized spacial score (nSPS) is 18.0. The Morgan fingerprint density at radius 2 is 1.76 bits per heavy atom. The van der Waals surface area contributed by atoms with Gasteiger partial charge in [0.2, 0.25) is 0 Å². The van der Waals surface area contributed by atoms with Gasteiger partial charge in [-0.25, -0.2) is 0 Å². The Bertz CT molecular complexity index is 530. The maximum absolute atomic E-state index is 4.11. The van der Waals surface area contributed by atoms with Gasteiger partial charge in [-0.15, -0.1) is 0 Å². The summed E-state index contributed by atoms with van der Waals surface area (Å²) in [5, 5.41) is 0. The first-order valence-corrected chi connectivity index (χ1v) is 8.28. The van der Waals surface area contributed by atoms with Crippen LogP contribution in [-0.4, -0.2) is 4.98 Å². The number of hydrogen-bond donors (Lipinski definition) is 0.